The maximum Gasteiger partial charge on any atom is 0.294 e. The molecule has 24 heavy (non-hydrogen) atoms. The van der Waals surface area contributed by atoms with Crippen molar-refractivity contribution in [2.24, 2.45) is 0 Å². The summed E-state index contributed by atoms with van der Waals surface area (Å²) in [7, 11) is 1.41. The second-order valence-corrected chi connectivity index (χ2v) is 5.85. The van der Waals surface area contributed by atoms with Crippen LogP contribution in [0.15, 0.2) is 22.5 Å². The maximum absolute atomic E-state index is 12.4. The number of Topliss-reactive ketones (excluding diaryl/α,β-unsaturated/α-hetero) is 2. The summed E-state index contributed by atoms with van der Waals surface area (Å²) in [6.45, 7) is 3.45. The van der Waals surface area contributed by atoms with Crippen LogP contribution in [-0.4, -0.2) is 30.4 Å². The molecular formula is C17H25NO6. The van der Waals surface area contributed by atoms with Gasteiger partial charge in [0.2, 0.25) is 5.78 Å². The van der Waals surface area contributed by atoms with Crippen molar-refractivity contribution >= 4 is 11.6 Å². The van der Waals surface area contributed by atoms with Crippen LogP contribution >= 0.6 is 0 Å². The Hall–Kier alpha value is -2.18. The van der Waals surface area contributed by atoms with E-state index in [1.54, 1.807) is 13.8 Å². The Morgan fingerprint density at radius 1 is 0.917 bits per heavy atom. The number of methoxy groups -OCH3 is 1. The predicted molar refractivity (Wildman–Crippen MR) is 87.7 cm³/mol. The molecule has 0 aliphatic heterocycles. The first-order valence-corrected chi connectivity index (χ1v) is 8.21. The van der Waals surface area contributed by atoms with Crippen LogP contribution in [0.1, 0.15) is 58.8 Å². The average Bonchev–Trinajstić information content (AvgIpc) is 2.54. The third kappa shape index (κ3) is 5.47. The zero-order valence-corrected chi connectivity index (χ0v) is 14.6. The van der Waals surface area contributed by atoms with Crippen LogP contribution in [0.2, 0.25) is 0 Å². The highest BCUT2D eigenvalue weighted by Gasteiger charge is 2.30. The molecule has 0 bridgehead atoms. The Morgan fingerprint density at radius 3 is 2.08 bits per heavy atom. The van der Waals surface area contributed by atoms with E-state index in [-0.39, 0.29) is 23.9 Å². The number of carbonyl (C=O) groups is 2. The lowest BCUT2D eigenvalue weighted by atomic mass is 9.87. The molecule has 0 aromatic carbocycles. The Morgan fingerprint density at radius 2 is 1.50 bits per heavy atom. The molecule has 0 fully saturated rings. The van der Waals surface area contributed by atoms with Gasteiger partial charge < -0.3 is 9.57 Å². The van der Waals surface area contributed by atoms with E-state index in [2.05, 4.69) is 4.84 Å². The van der Waals surface area contributed by atoms with Gasteiger partial charge >= 0.3 is 0 Å². The summed E-state index contributed by atoms with van der Waals surface area (Å²) in [5.41, 5.74) is 1.46. The molecule has 0 aromatic rings. The second-order valence-electron chi connectivity index (χ2n) is 5.85. The molecule has 134 valence electrons. The van der Waals surface area contributed by atoms with Gasteiger partial charge in [0.05, 0.1) is 13.7 Å². The molecule has 1 rings (SSSR count). The van der Waals surface area contributed by atoms with Crippen molar-refractivity contribution in [2.75, 3.05) is 13.7 Å². The standard InChI is InChI=1S/C17H25NO6/c1-12-14(16(20)17(23-3)13(2)15(12)19)10-8-6-4-5-7-9-11-24-18(21)22/h4-11H2,1-3H3. The quantitative estimate of drug-likeness (QED) is 0.248. The molecule has 0 heterocycles. The molecule has 0 atom stereocenters. The fraction of sp³-hybridized carbons (Fsp3) is 0.647. The SMILES string of the molecule is COC1=C(C)C(=O)C(C)=C(CCCCCCCCO[N+](=O)[O-])C1=O. The number of rotatable bonds is 11. The average molecular weight is 339 g/mol. The van der Waals surface area contributed by atoms with Gasteiger partial charge in [-0.05, 0) is 33.1 Å². The molecule has 0 N–H and O–H groups in total. The lowest BCUT2D eigenvalue weighted by molar-refractivity contribution is -0.757. The van der Waals surface area contributed by atoms with Crippen molar-refractivity contribution in [3.05, 3.63) is 32.6 Å². The van der Waals surface area contributed by atoms with Crippen molar-refractivity contribution in [1.82, 2.24) is 0 Å². The van der Waals surface area contributed by atoms with E-state index in [4.69, 9.17) is 4.74 Å². The molecule has 1 aliphatic carbocycles. The van der Waals surface area contributed by atoms with E-state index < -0.39 is 5.09 Å². The number of hydrogen-bond acceptors (Lipinski definition) is 6. The second kappa shape index (κ2) is 9.85. The molecular weight excluding hydrogens is 314 g/mol. The fourth-order valence-electron chi connectivity index (χ4n) is 2.80. The van der Waals surface area contributed by atoms with Crippen LogP contribution in [0.5, 0.6) is 0 Å². The van der Waals surface area contributed by atoms with Gasteiger partial charge in [-0.15, -0.1) is 10.1 Å². The first-order chi connectivity index (χ1) is 11.4. The number of ether oxygens (including phenoxy) is 1. The van der Waals surface area contributed by atoms with Gasteiger partial charge in [0.15, 0.2) is 11.5 Å². The van der Waals surface area contributed by atoms with Crippen molar-refractivity contribution in [2.45, 2.75) is 58.8 Å². The predicted octanol–water partition coefficient (Wildman–Crippen LogP) is 3.31. The molecule has 0 amide bonds. The largest absolute Gasteiger partial charge is 0.492 e. The van der Waals surface area contributed by atoms with E-state index >= 15 is 0 Å². The van der Waals surface area contributed by atoms with Gasteiger partial charge in [0.1, 0.15) is 0 Å². The van der Waals surface area contributed by atoms with Crippen molar-refractivity contribution < 1.29 is 24.3 Å². The molecule has 0 saturated carbocycles. The van der Waals surface area contributed by atoms with Gasteiger partial charge in [-0.2, -0.15) is 0 Å². The first kappa shape index (κ1) is 19.9. The van der Waals surface area contributed by atoms with Crippen LogP contribution in [0.4, 0.5) is 0 Å². The molecule has 0 aromatic heterocycles. The van der Waals surface area contributed by atoms with Crippen LogP contribution in [0.3, 0.4) is 0 Å². The molecule has 0 unspecified atom stereocenters. The number of allylic oxidation sites excluding steroid dienone is 3. The summed E-state index contributed by atoms with van der Waals surface area (Å²) in [4.78, 5) is 38.7. The first-order valence-electron chi connectivity index (χ1n) is 8.21. The molecule has 7 heteroatoms. The smallest absolute Gasteiger partial charge is 0.294 e. The summed E-state index contributed by atoms with van der Waals surface area (Å²) in [5.74, 6) is -0.136. The number of hydrogen-bond donors (Lipinski definition) is 0. The van der Waals surface area contributed by atoms with Crippen molar-refractivity contribution in [1.29, 1.82) is 0 Å². The number of nitrogens with zero attached hydrogens (tertiary/aromatic N) is 1. The number of unbranched alkanes of at least 4 members (excludes halogenated alkanes) is 5. The minimum atomic E-state index is -0.775. The van der Waals surface area contributed by atoms with Gasteiger partial charge in [-0.25, -0.2) is 0 Å². The summed E-state index contributed by atoms with van der Waals surface area (Å²) in [6.07, 6.45) is 5.84. The van der Waals surface area contributed by atoms with Crippen LogP contribution < -0.4 is 0 Å². The highest BCUT2D eigenvalue weighted by Crippen LogP contribution is 2.28. The van der Waals surface area contributed by atoms with Crippen LogP contribution in [-0.2, 0) is 19.2 Å². The zero-order valence-electron chi connectivity index (χ0n) is 14.6. The molecule has 0 spiro atoms. The molecule has 1 aliphatic rings. The topological polar surface area (TPSA) is 95.7 Å². The van der Waals surface area contributed by atoms with Gasteiger partial charge in [-0.3, -0.25) is 9.59 Å². The Labute approximate surface area is 141 Å². The Balaban J connectivity index is 2.31. The molecule has 7 nitrogen and oxygen atoms in total. The fourth-order valence-corrected chi connectivity index (χ4v) is 2.80. The van der Waals surface area contributed by atoms with Gasteiger partial charge in [0, 0.05) is 16.7 Å². The normalized spacial score (nSPS) is 15.1. The summed E-state index contributed by atoms with van der Waals surface area (Å²) < 4.78 is 5.08. The Kier molecular flexibility index (Phi) is 8.15. The van der Waals surface area contributed by atoms with Crippen molar-refractivity contribution in [3.63, 3.8) is 0 Å². The summed E-state index contributed by atoms with van der Waals surface area (Å²) >= 11 is 0. The summed E-state index contributed by atoms with van der Waals surface area (Å²) in [5, 5.41) is 9.21. The molecule has 0 saturated heterocycles. The van der Waals surface area contributed by atoms with E-state index in [0.717, 1.165) is 32.1 Å². The minimum absolute atomic E-state index is 0.118. The van der Waals surface area contributed by atoms with Crippen LogP contribution in [0, 0.1) is 10.1 Å². The highest BCUT2D eigenvalue weighted by atomic mass is 16.9. The third-order valence-corrected chi connectivity index (χ3v) is 4.18. The number of carbonyl (C=O) groups excluding carboxylic acids is 2. The van der Waals surface area contributed by atoms with Gasteiger partial charge in [-0.1, -0.05) is 25.7 Å². The third-order valence-electron chi connectivity index (χ3n) is 4.18. The minimum Gasteiger partial charge on any atom is -0.492 e. The van der Waals surface area contributed by atoms with E-state index in [9.17, 15) is 19.7 Å². The van der Waals surface area contributed by atoms with Crippen molar-refractivity contribution in [3.8, 4) is 0 Å². The summed E-state index contributed by atoms with van der Waals surface area (Å²) in [6, 6.07) is 0. The maximum atomic E-state index is 12.4. The lowest BCUT2D eigenvalue weighted by Crippen LogP contribution is -2.23. The van der Waals surface area contributed by atoms with Gasteiger partial charge in [0.25, 0.3) is 5.09 Å². The van der Waals surface area contributed by atoms with E-state index in [1.165, 1.54) is 7.11 Å². The number of ketones is 2. The Bertz CT molecular complexity index is 561. The zero-order chi connectivity index (χ0) is 18.1. The van der Waals surface area contributed by atoms with E-state index in [1.807, 2.05) is 0 Å². The van der Waals surface area contributed by atoms with Crippen LogP contribution in [0.25, 0.3) is 0 Å². The monoisotopic (exact) mass is 339 g/mol. The highest BCUT2D eigenvalue weighted by molar-refractivity contribution is 6.23. The molecule has 0 radical (unpaired) electrons. The lowest BCUT2D eigenvalue weighted by Gasteiger charge is -2.19. The van der Waals surface area contributed by atoms with E-state index in [0.29, 0.717) is 29.6 Å².